The Labute approximate surface area is 122 Å². The van der Waals surface area contributed by atoms with Gasteiger partial charge in [-0.3, -0.25) is 4.79 Å². The molecule has 0 N–H and O–H groups in total. The number of likely N-dealkylation sites (tertiary alicyclic amines) is 1. The lowest BCUT2D eigenvalue weighted by molar-refractivity contribution is 0.0883. The lowest BCUT2D eigenvalue weighted by atomic mass is 9.96. The molecule has 2 heteroatoms. The van der Waals surface area contributed by atoms with Crippen LogP contribution < -0.4 is 0 Å². The van der Waals surface area contributed by atoms with Crippen LogP contribution in [0.1, 0.15) is 42.1 Å². The molecular weight excluding hydrogens is 246 g/mol. The molecule has 0 aromatic heterocycles. The molecule has 1 aliphatic heterocycles. The molecule has 0 aliphatic carbocycles. The summed E-state index contributed by atoms with van der Waals surface area (Å²) in [6, 6.07) is 7.97. The lowest BCUT2D eigenvalue weighted by Gasteiger charge is -2.28. The van der Waals surface area contributed by atoms with E-state index in [2.05, 4.69) is 18.4 Å². The molecule has 1 atom stereocenters. The molecule has 2 rings (SSSR count). The Morgan fingerprint density at radius 1 is 1.25 bits per heavy atom. The van der Waals surface area contributed by atoms with Crippen molar-refractivity contribution in [2.45, 2.75) is 32.6 Å². The highest BCUT2D eigenvalue weighted by atomic mass is 16.1. The zero-order valence-electron chi connectivity index (χ0n) is 12.5. The van der Waals surface area contributed by atoms with Gasteiger partial charge in [0.2, 0.25) is 0 Å². The van der Waals surface area contributed by atoms with E-state index >= 15 is 0 Å². The van der Waals surface area contributed by atoms with Crippen LogP contribution in [0.3, 0.4) is 0 Å². The van der Waals surface area contributed by atoms with E-state index in [4.69, 9.17) is 0 Å². The van der Waals surface area contributed by atoms with Crippen LogP contribution in [0.15, 0.2) is 36.9 Å². The van der Waals surface area contributed by atoms with E-state index in [1.807, 2.05) is 30.3 Å². The third-order valence-corrected chi connectivity index (χ3v) is 4.05. The molecular formula is C18H25NO. The van der Waals surface area contributed by atoms with Crippen molar-refractivity contribution in [1.82, 2.24) is 4.90 Å². The first-order chi connectivity index (χ1) is 9.70. The maximum atomic E-state index is 12.4. The molecule has 0 radical (unpaired) electrons. The van der Waals surface area contributed by atoms with E-state index in [1.165, 1.54) is 24.8 Å². The number of Topliss-reactive ketones (excluding diaryl/α,β-unsaturated/α-hetero) is 1. The fourth-order valence-electron chi connectivity index (χ4n) is 2.87. The van der Waals surface area contributed by atoms with Gasteiger partial charge in [0.15, 0.2) is 5.78 Å². The Morgan fingerprint density at radius 3 is 2.50 bits per heavy atom. The molecule has 1 aliphatic rings. The fraction of sp³-hybridized carbons (Fsp3) is 0.500. The SMILES string of the molecule is C=CCc1ccc(C(=O)C(C)CN2CCCCC2)cc1. The maximum Gasteiger partial charge on any atom is 0.166 e. The van der Waals surface area contributed by atoms with Crippen molar-refractivity contribution in [1.29, 1.82) is 0 Å². The second kappa shape index (κ2) is 7.39. The number of carbonyl (C=O) groups is 1. The van der Waals surface area contributed by atoms with Gasteiger partial charge < -0.3 is 4.90 Å². The second-order valence-corrected chi connectivity index (χ2v) is 5.82. The summed E-state index contributed by atoms with van der Waals surface area (Å²) in [7, 11) is 0. The number of hydrogen-bond acceptors (Lipinski definition) is 2. The van der Waals surface area contributed by atoms with Crippen LogP contribution in [0.2, 0.25) is 0 Å². The van der Waals surface area contributed by atoms with E-state index in [0.29, 0.717) is 0 Å². The Hall–Kier alpha value is -1.41. The predicted octanol–water partition coefficient (Wildman–Crippen LogP) is 3.72. The topological polar surface area (TPSA) is 20.3 Å². The highest BCUT2D eigenvalue weighted by Crippen LogP contribution is 2.15. The summed E-state index contributed by atoms with van der Waals surface area (Å²) in [5, 5.41) is 0. The average Bonchev–Trinajstić information content (AvgIpc) is 2.48. The van der Waals surface area contributed by atoms with Gasteiger partial charge in [-0.2, -0.15) is 0 Å². The molecule has 1 heterocycles. The van der Waals surface area contributed by atoms with Gasteiger partial charge in [-0.05, 0) is 37.9 Å². The molecule has 20 heavy (non-hydrogen) atoms. The van der Waals surface area contributed by atoms with Crippen molar-refractivity contribution >= 4 is 5.78 Å². The zero-order valence-corrected chi connectivity index (χ0v) is 12.5. The van der Waals surface area contributed by atoms with Gasteiger partial charge >= 0.3 is 0 Å². The van der Waals surface area contributed by atoms with E-state index in [-0.39, 0.29) is 11.7 Å². The van der Waals surface area contributed by atoms with Crippen LogP contribution in [-0.2, 0) is 6.42 Å². The number of nitrogens with zero attached hydrogens (tertiary/aromatic N) is 1. The molecule has 1 unspecified atom stereocenters. The molecule has 108 valence electrons. The smallest absolute Gasteiger partial charge is 0.166 e. The number of carbonyl (C=O) groups excluding carboxylic acids is 1. The number of benzene rings is 1. The van der Waals surface area contributed by atoms with Crippen LogP contribution in [0.25, 0.3) is 0 Å². The van der Waals surface area contributed by atoms with Gasteiger partial charge in [0.05, 0.1) is 0 Å². The number of ketones is 1. The van der Waals surface area contributed by atoms with Crippen LogP contribution >= 0.6 is 0 Å². The van der Waals surface area contributed by atoms with Crippen molar-refractivity contribution in [3.63, 3.8) is 0 Å². The first kappa shape index (κ1) is 15.0. The Morgan fingerprint density at radius 2 is 1.90 bits per heavy atom. The van der Waals surface area contributed by atoms with Gasteiger partial charge in [-0.15, -0.1) is 6.58 Å². The predicted molar refractivity (Wildman–Crippen MR) is 84.1 cm³/mol. The van der Waals surface area contributed by atoms with Crippen molar-refractivity contribution in [3.05, 3.63) is 48.0 Å². The monoisotopic (exact) mass is 271 g/mol. The minimum absolute atomic E-state index is 0.0818. The molecule has 0 amide bonds. The Balaban J connectivity index is 1.93. The number of piperidine rings is 1. The van der Waals surface area contributed by atoms with Gasteiger partial charge in [0, 0.05) is 18.0 Å². The molecule has 1 aromatic rings. The molecule has 0 bridgehead atoms. The zero-order chi connectivity index (χ0) is 14.4. The van der Waals surface area contributed by atoms with Gasteiger partial charge in [-0.1, -0.05) is 43.7 Å². The van der Waals surface area contributed by atoms with Crippen molar-refractivity contribution in [3.8, 4) is 0 Å². The molecule has 2 nitrogen and oxygen atoms in total. The van der Waals surface area contributed by atoms with Crippen molar-refractivity contribution in [2.24, 2.45) is 5.92 Å². The Bertz CT molecular complexity index is 443. The van der Waals surface area contributed by atoms with E-state index < -0.39 is 0 Å². The normalized spacial score (nSPS) is 17.6. The fourth-order valence-corrected chi connectivity index (χ4v) is 2.87. The summed E-state index contributed by atoms with van der Waals surface area (Å²) >= 11 is 0. The van der Waals surface area contributed by atoms with Gasteiger partial charge in [-0.25, -0.2) is 0 Å². The highest BCUT2D eigenvalue weighted by molar-refractivity contribution is 5.97. The molecule has 0 spiro atoms. The first-order valence-electron chi connectivity index (χ1n) is 7.67. The summed E-state index contributed by atoms with van der Waals surface area (Å²) in [4.78, 5) is 14.9. The Kier molecular flexibility index (Phi) is 5.54. The largest absolute Gasteiger partial charge is 0.303 e. The summed E-state index contributed by atoms with van der Waals surface area (Å²) in [5.41, 5.74) is 2.04. The van der Waals surface area contributed by atoms with Crippen LogP contribution in [0.5, 0.6) is 0 Å². The van der Waals surface area contributed by atoms with Crippen LogP contribution in [0.4, 0.5) is 0 Å². The van der Waals surface area contributed by atoms with Crippen molar-refractivity contribution in [2.75, 3.05) is 19.6 Å². The maximum absolute atomic E-state index is 12.4. The summed E-state index contributed by atoms with van der Waals surface area (Å²) < 4.78 is 0. The number of rotatable bonds is 6. The first-order valence-corrected chi connectivity index (χ1v) is 7.67. The molecule has 1 fully saturated rings. The van der Waals surface area contributed by atoms with E-state index in [1.54, 1.807) is 0 Å². The lowest BCUT2D eigenvalue weighted by Crippen LogP contribution is -2.35. The van der Waals surface area contributed by atoms with Crippen molar-refractivity contribution < 1.29 is 4.79 Å². The summed E-state index contributed by atoms with van der Waals surface area (Å²) in [6.45, 7) is 8.98. The third-order valence-electron chi connectivity index (χ3n) is 4.05. The summed E-state index contributed by atoms with van der Waals surface area (Å²) in [5.74, 6) is 0.346. The standard InChI is InChI=1S/C18H25NO/c1-3-7-16-8-10-17(11-9-16)18(20)15(2)14-19-12-5-4-6-13-19/h3,8-11,15H,1,4-7,12-14H2,2H3. The highest BCUT2D eigenvalue weighted by Gasteiger charge is 2.19. The molecule has 1 aromatic carbocycles. The number of allylic oxidation sites excluding steroid dienone is 1. The van der Waals surface area contributed by atoms with Crippen LogP contribution in [-0.4, -0.2) is 30.3 Å². The minimum atomic E-state index is 0.0818. The van der Waals surface area contributed by atoms with E-state index in [0.717, 1.165) is 31.6 Å². The minimum Gasteiger partial charge on any atom is -0.303 e. The van der Waals surface area contributed by atoms with E-state index in [9.17, 15) is 4.79 Å². The average molecular weight is 271 g/mol. The molecule has 0 saturated carbocycles. The molecule has 1 saturated heterocycles. The van der Waals surface area contributed by atoms with Gasteiger partial charge in [0.25, 0.3) is 0 Å². The van der Waals surface area contributed by atoms with Gasteiger partial charge in [0.1, 0.15) is 0 Å². The third kappa shape index (κ3) is 4.04. The summed E-state index contributed by atoms with van der Waals surface area (Å²) in [6.07, 6.45) is 6.63. The van der Waals surface area contributed by atoms with Crippen LogP contribution in [0, 0.1) is 5.92 Å². The quantitative estimate of drug-likeness (QED) is 0.580. The second-order valence-electron chi connectivity index (χ2n) is 5.82. The number of hydrogen-bond donors (Lipinski definition) is 0.